The van der Waals surface area contributed by atoms with Crippen molar-refractivity contribution in [2.24, 2.45) is 0 Å². The molecule has 0 bridgehead atoms. The number of hydrogen-bond acceptors (Lipinski definition) is 3. The van der Waals surface area contributed by atoms with Crippen LogP contribution < -0.4 is 10.6 Å². The van der Waals surface area contributed by atoms with E-state index in [0.29, 0.717) is 23.0 Å². The lowest BCUT2D eigenvalue weighted by Gasteiger charge is -2.16. The first-order valence-corrected chi connectivity index (χ1v) is 6.58. The Morgan fingerprint density at radius 1 is 1.15 bits per heavy atom. The van der Waals surface area contributed by atoms with Gasteiger partial charge >= 0.3 is 0 Å². The summed E-state index contributed by atoms with van der Waals surface area (Å²) in [5, 5.41) is 0. The maximum atomic E-state index is 12.4. The first kappa shape index (κ1) is 14.1. The highest BCUT2D eigenvalue weighted by molar-refractivity contribution is 6.05. The molecule has 0 atom stereocenters. The van der Waals surface area contributed by atoms with Crippen molar-refractivity contribution < 1.29 is 4.79 Å². The van der Waals surface area contributed by atoms with Crippen LogP contribution in [0.4, 0.5) is 11.5 Å². The third kappa shape index (κ3) is 2.96. The fourth-order valence-corrected chi connectivity index (χ4v) is 1.90. The van der Waals surface area contributed by atoms with Gasteiger partial charge in [-0.3, -0.25) is 9.69 Å². The number of nitrogens with zero attached hydrogens (tertiary/aromatic N) is 2. The quantitative estimate of drug-likeness (QED) is 0.931. The molecule has 0 aliphatic rings. The van der Waals surface area contributed by atoms with E-state index in [1.165, 1.54) is 10.5 Å². The number of benzene rings is 1. The van der Waals surface area contributed by atoms with E-state index in [9.17, 15) is 4.79 Å². The Hall–Kier alpha value is -2.36. The number of carbonyl (C=O) groups is 1. The molecule has 1 aromatic carbocycles. The molecule has 0 unspecified atom stereocenters. The first-order valence-electron chi connectivity index (χ1n) is 6.58. The summed E-state index contributed by atoms with van der Waals surface area (Å²) < 4.78 is 0. The molecule has 2 aromatic rings. The molecule has 1 amide bonds. The SMILES string of the molecule is CC(C)c1ccc(C(=O)N(C)c2ccc(N)cn2)cc1. The molecule has 0 fully saturated rings. The number of aromatic nitrogens is 1. The Morgan fingerprint density at radius 3 is 2.30 bits per heavy atom. The zero-order chi connectivity index (χ0) is 14.7. The van der Waals surface area contributed by atoms with E-state index in [1.54, 1.807) is 25.4 Å². The van der Waals surface area contributed by atoms with Gasteiger partial charge in [0.05, 0.1) is 11.9 Å². The van der Waals surface area contributed by atoms with Crippen LogP contribution in [0.1, 0.15) is 35.7 Å². The number of nitrogen functional groups attached to an aromatic ring is 1. The van der Waals surface area contributed by atoms with Crippen LogP contribution >= 0.6 is 0 Å². The van der Waals surface area contributed by atoms with Gasteiger partial charge in [-0.25, -0.2) is 4.98 Å². The second-order valence-electron chi connectivity index (χ2n) is 5.09. The topological polar surface area (TPSA) is 59.2 Å². The van der Waals surface area contributed by atoms with E-state index in [4.69, 9.17) is 5.73 Å². The minimum atomic E-state index is -0.0856. The van der Waals surface area contributed by atoms with Crippen molar-refractivity contribution in [3.05, 3.63) is 53.7 Å². The molecule has 104 valence electrons. The predicted molar refractivity (Wildman–Crippen MR) is 81.9 cm³/mol. The highest BCUT2D eigenvalue weighted by atomic mass is 16.2. The number of amides is 1. The Bertz CT molecular complexity index is 588. The standard InChI is InChI=1S/C16H19N3O/c1-11(2)12-4-6-13(7-5-12)16(20)19(3)15-9-8-14(17)10-18-15/h4-11H,17H2,1-3H3. The van der Waals surface area contributed by atoms with E-state index in [2.05, 4.69) is 18.8 Å². The zero-order valence-corrected chi connectivity index (χ0v) is 12.0. The van der Waals surface area contributed by atoms with Gasteiger partial charge in [-0.05, 0) is 35.7 Å². The fraction of sp³-hybridized carbons (Fsp3) is 0.250. The minimum absolute atomic E-state index is 0.0856. The van der Waals surface area contributed by atoms with Crippen LogP contribution in [-0.2, 0) is 0 Å². The predicted octanol–water partition coefficient (Wildman–Crippen LogP) is 3.06. The third-order valence-corrected chi connectivity index (χ3v) is 3.24. The van der Waals surface area contributed by atoms with E-state index in [1.807, 2.05) is 24.3 Å². The van der Waals surface area contributed by atoms with Crippen molar-refractivity contribution in [3.8, 4) is 0 Å². The summed E-state index contributed by atoms with van der Waals surface area (Å²) >= 11 is 0. The number of rotatable bonds is 3. The second kappa shape index (κ2) is 5.74. The van der Waals surface area contributed by atoms with Crippen LogP contribution in [0.2, 0.25) is 0 Å². The van der Waals surface area contributed by atoms with Gasteiger partial charge in [-0.2, -0.15) is 0 Å². The van der Waals surface area contributed by atoms with Crippen molar-refractivity contribution in [2.45, 2.75) is 19.8 Å². The molecular weight excluding hydrogens is 250 g/mol. The van der Waals surface area contributed by atoms with Crippen LogP contribution in [0.5, 0.6) is 0 Å². The van der Waals surface area contributed by atoms with Gasteiger partial charge in [-0.15, -0.1) is 0 Å². The van der Waals surface area contributed by atoms with E-state index >= 15 is 0 Å². The Kier molecular flexibility index (Phi) is 4.03. The molecule has 4 nitrogen and oxygen atoms in total. The number of carbonyl (C=O) groups excluding carboxylic acids is 1. The van der Waals surface area contributed by atoms with Crippen molar-refractivity contribution in [1.82, 2.24) is 4.98 Å². The summed E-state index contributed by atoms with van der Waals surface area (Å²) in [5.74, 6) is 0.949. The molecular formula is C16H19N3O. The maximum absolute atomic E-state index is 12.4. The fourth-order valence-electron chi connectivity index (χ4n) is 1.90. The van der Waals surface area contributed by atoms with Gasteiger partial charge in [-0.1, -0.05) is 26.0 Å². The summed E-state index contributed by atoms with van der Waals surface area (Å²) in [7, 11) is 1.71. The van der Waals surface area contributed by atoms with Gasteiger partial charge in [0.2, 0.25) is 0 Å². The Morgan fingerprint density at radius 2 is 1.80 bits per heavy atom. The lowest BCUT2D eigenvalue weighted by Crippen LogP contribution is -2.27. The van der Waals surface area contributed by atoms with Crippen LogP contribution in [0, 0.1) is 0 Å². The molecule has 1 aromatic heterocycles. The number of nitrogens with two attached hydrogens (primary N) is 1. The number of hydrogen-bond donors (Lipinski definition) is 1. The molecule has 0 aliphatic carbocycles. The highest BCUT2D eigenvalue weighted by Crippen LogP contribution is 2.17. The largest absolute Gasteiger partial charge is 0.397 e. The van der Waals surface area contributed by atoms with Crippen molar-refractivity contribution in [2.75, 3.05) is 17.7 Å². The average molecular weight is 269 g/mol. The van der Waals surface area contributed by atoms with E-state index in [-0.39, 0.29) is 5.91 Å². The summed E-state index contributed by atoms with van der Waals surface area (Å²) in [6.45, 7) is 4.25. The van der Waals surface area contributed by atoms with Gasteiger partial charge < -0.3 is 5.73 Å². The maximum Gasteiger partial charge on any atom is 0.259 e. The molecule has 2 rings (SSSR count). The van der Waals surface area contributed by atoms with Crippen LogP contribution in [0.25, 0.3) is 0 Å². The van der Waals surface area contributed by atoms with Crippen molar-refractivity contribution in [3.63, 3.8) is 0 Å². The van der Waals surface area contributed by atoms with Gasteiger partial charge in [0.25, 0.3) is 5.91 Å². The summed E-state index contributed by atoms with van der Waals surface area (Å²) in [5.41, 5.74) is 8.04. The molecule has 1 heterocycles. The monoisotopic (exact) mass is 269 g/mol. The number of anilines is 2. The van der Waals surface area contributed by atoms with Crippen LogP contribution in [-0.4, -0.2) is 17.9 Å². The van der Waals surface area contributed by atoms with Gasteiger partial charge in [0, 0.05) is 12.6 Å². The lowest BCUT2D eigenvalue weighted by molar-refractivity contribution is 0.0992. The Balaban J connectivity index is 2.20. The second-order valence-corrected chi connectivity index (χ2v) is 5.09. The van der Waals surface area contributed by atoms with Gasteiger partial charge in [0.1, 0.15) is 5.82 Å². The zero-order valence-electron chi connectivity index (χ0n) is 12.0. The molecule has 2 N–H and O–H groups in total. The molecule has 20 heavy (non-hydrogen) atoms. The summed E-state index contributed by atoms with van der Waals surface area (Å²) in [6.07, 6.45) is 1.54. The van der Waals surface area contributed by atoms with Crippen molar-refractivity contribution in [1.29, 1.82) is 0 Å². The normalized spacial score (nSPS) is 10.6. The number of pyridine rings is 1. The Labute approximate surface area is 119 Å². The highest BCUT2D eigenvalue weighted by Gasteiger charge is 2.14. The average Bonchev–Trinajstić information content (AvgIpc) is 2.46. The third-order valence-electron chi connectivity index (χ3n) is 3.24. The molecule has 0 spiro atoms. The molecule has 0 saturated heterocycles. The van der Waals surface area contributed by atoms with Crippen molar-refractivity contribution >= 4 is 17.4 Å². The van der Waals surface area contributed by atoms with Crippen LogP contribution in [0.3, 0.4) is 0 Å². The minimum Gasteiger partial charge on any atom is -0.397 e. The van der Waals surface area contributed by atoms with E-state index < -0.39 is 0 Å². The molecule has 4 heteroatoms. The smallest absolute Gasteiger partial charge is 0.259 e. The first-order chi connectivity index (χ1) is 9.49. The molecule has 0 aliphatic heterocycles. The van der Waals surface area contributed by atoms with Gasteiger partial charge in [0.15, 0.2) is 0 Å². The summed E-state index contributed by atoms with van der Waals surface area (Å²) in [6, 6.07) is 11.1. The molecule has 0 saturated carbocycles. The summed E-state index contributed by atoms with van der Waals surface area (Å²) in [4.78, 5) is 18.0. The lowest BCUT2D eigenvalue weighted by atomic mass is 10.0. The molecule has 0 radical (unpaired) electrons. The van der Waals surface area contributed by atoms with Crippen LogP contribution in [0.15, 0.2) is 42.6 Å². The van der Waals surface area contributed by atoms with E-state index in [0.717, 1.165) is 0 Å².